The molecule has 0 saturated carbocycles. The van der Waals surface area contributed by atoms with E-state index in [4.69, 9.17) is 9.47 Å². The van der Waals surface area contributed by atoms with Crippen molar-refractivity contribution in [1.29, 1.82) is 0 Å². The van der Waals surface area contributed by atoms with Crippen molar-refractivity contribution < 1.29 is 14.3 Å². The Morgan fingerprint density at radius 1 is 1.26 bits per heavy atom. The molecular weight excluding hydrogens is 244 g/mol. The minimum Gasteiger partial charge on any atom is -0.494 e. The predicted molar refractivity (Wildman–Crippen MR) is 70.4 cm³/mol. The lowest BCUT2D eigenvalue weighted by Gasteiger charge is -2.15. The van der Waals surface area contributed by atoms with Crippen LogP contribution in [0.4, 0.5) is 5.69 Å². The molecule has 3 rings (SSSR count). The van der Waals surface area contributed by atoms with E-state index in [1.807, 2.05) is 30.3 Å². The van der Waals surface area contributed by atoms with E-state index in [2.05, 4.69) is 10.3 Å². The van der Waals surface area contributed by atoms with Gasteiger partial charge in [-0.15, -0.1) is 0 Å². The number of hydrogen-bond donors (Lipinski definition) is 1. The first-order valence-electron chi connectivity index (χ1n) is 5.94. The van der Waals surface area contributed by atoms with E-state index < -0.39 is 0 Å². The van der Waals surface area contributed by atoms with Gasteiger partial charge in [0.1, 0.15) is 19.5 Å². The van der Waals surface area contributed by atoms with Gasteiger partial charge in [0.05, 0.1) is 17.4 Å². The minimum absolute atomic E-state index is 0.180. The van der Waals surface area contributed by atoms with Crippen LogP contribution in [0, 0.1) is 0 Å². The van der Waals surface area contributed by atoms with Gasteiger partial charge in [-0.25, -0.2) is 0 Å². The number of nitrogens with one attached hydrogen (secondary N) is 1. The SMILES string of the molecule is O=C(Nc1cnc2ccccc2c1)C1=COCCO1. The molecule has 2 heterocycles. The standard InChI is InChI=1S/C14H12N2O3/c17-14(13-9-18-5-6-19-13)16-11-7-10-3-1-2-4-12(10)15-8-11/h1-4,7-9H,5-6H2,(H,16,17). The number of aromatic nitrogens is 1. The van der Waals surface area contributed by atoms with Gasteiger partial charge in [0, 0.05) is 5.39 Å². The van der Waals surface area contributed by atoms with Crippen LogP contribution < -0.4 is 5.32 Å². The molecule has 5 heteroatoms. The zero-order valence-corrected chi connectivity index (χ0v) is 10.1. The lowest BCUT2D eigenvalue weighted by Crippen LogP contribution is -2.21. The fraction of sp³-hybridized carbons (Fsp3) is 0.143. The average molecular weight is 256 g/mol. The van der Waals surface area contributed by atoms with E-state index in [1.54, 1.807) is 6.20 Å². The van der Waals surface area contributed by atoms with Gasteiger partial charge in [-0.3, -0.25) is 9.78 Å². The molecule has 0 bridgehead atoms. The molecule has 0 radical (unpaired) electrons. The van der Waals surface area contributed by atoms with Gasteiger partial charge < -0.3 is 14.8 Å². The molecule has 1 aromatic carbocycles. The van der Waals surface area contributed by atoms with E-state index in [1.165, 1.54) is 6.26 Å². The van der Waals surface area contributed by atoms with Crippen molar-refractivity contribution in [2.45, 2.75) is 0 Å². The number of fused-ring (bicyclic) bond motifs is 1. The summed E-state index contributed by atoms with van der Waals surface area (Å²) in [6.07, 6.45) is 2.94. The lowest BCUT2D eigenvalue weighted by atomic mass is 10.2. The summed E-state index contributed by atoms with van der Waals surface area (Å²) in [6, 6.07) is 9.57. The number of carbonyl (C=O) groups is 1. The molecule has 0 atom stereocenters. The van der Waals surface area contributed by atoms with Crippen LogP contribution in [0.2, 0.25) is 0 Å². The second-order valence-corrected chi connectivity index (χ2v) is 4.07. The normalized spacial score (nSPS) is 14.2. The highest BCUT2D eigenvalue weighted by Gasteiger charge is 2.15. The molecule has 1 aromatic heterocycles. The molecule has 0 fully saturated rings. The zero-order valence-electron chi connectivity index (χ0n) is 10.1. The van der Waals surface area contributed by atoms with Crippen LogP contribution in [-0.4, -0.2) is 24.1 Å². The van der Waals surface area contributed by atoms with Crippen LogP contribution in [0.15, 0.2) is 48.5 Å². The van der Waals surface area contributed by atoms with Crippen molar-refractivity contribution in [2.24, 2.45) is 0 Å². The molecule has 1 aliphatic rings. The summed E-state index contributed by atoms with van der Waals surface area (Å²) in [7, 11) is 0. The molecule has 0 spiro atoms. The maximum absolute atomic E-state index is 11.9. The zero-order chi connectivity index (χ0) is 13.1. The number of ether oxygens (including phenoxy) is 2. The summed E-state index contributed by atoms with van der Waals surface area (Å²) >= 11 is 0. The number of para-hydroxylation sites is 1. The third-order valence-corrected chi connectivity index (χ3v) is 2.72. The number of hydrogen-bond acceptors (Lipinski definition) is 4. The Labute approximate surface area is 109 Å². The van der Waals surface area contributed by atoms with E-state index in [9.17, 15) is 4.79 Å². The molecule has 96 valence electrons. The Morgan fingerprint density at radius 3 is 3.00 bits per heavy atom. The highest BCUT2D eigenvalue weighted by atomic mass is 16.6. The van der Waals surface area contributed by atoms with Crippen molar-refractivity contribution in [3.05, 3.63) is 48.5 Å². The maximum atomic E-state index is 11.9. The number of amides is 1. The van der Waals surface area contributed by atoms with Gasteiger partial charge in [0.25, 0.3) is 5.91 Å². The highest BCUT2D eigenvalue weighted by molar-refractivity contribution is 6.02. The third kappa shape index (κ3) is 2.49. The van der Waals surface area contributed by atoms with Crippen molar-refractivity contribution in [2.75, 3.05) is 18.5 Å². The summed E-state index contributed by atoms with van der Waals surface area (Å²) in [4.78, 5) is 16.2. The number of nitrogens with zero attached hydrogens (tertiary/aromatic N) is 1. The van der Waals surface area contributed by atoms with Crippen LogP contribution in [0.1, 0.15) is 0 Å². The summed E-state index contributed by atoms with van der Waals surface area (Å²) in [5.41, 5.74) is 1.51. The second kappa shape index (κ2) is 4.97. The summed E-state index contributed by atoms with van der Waals surface area (Å²) in [5, 5.41) is 3.70. The number of rotatable bonds is 2. The molecule has 0 aliphatic carbocycles. The van der Waals surface area contributed by atoms with E-state index in [-0.39, 0.29) is 11.7 Å². The third-order valence-electron chi connectivity index (χ3n) is 2.72. The van der Waals surface area contributed by atoms with E-state index in [0.29, 0.717) is 18.9 Å². The number of carbonyl (C=O) groups excluding carboxylic acids is 1. The monoisotopic (exact) mass is 256 g/mol. The van der Waals surface area contributed by atoms with Crippen LogP contribution in [0.5, 0.6) is 0 Å². The molecule has 1 N–H and O–H groups in total. The summed E-state index contributed by atoms with van der Waals surface area (Å²) < 4.78 is 10.3. The summed E-state index contributed by atoms with van der Waals surface area (Å²) in [5.74, 6) is -0.156. The molecule has 2 aromatic rings. The largest absolute Gasteiger partial charge is 0.494 e. The molecule has 0 saturated heterocycles. The van der Waals surface area contributed by atoms with Gasteiger partial charge in [0.2, 0.25) is 5.76 Å². The quantitative estimate of drug-likeness (QED) is 0.893. The van der Waals surface area contributed by atoms with Crippen LogP contribution in [-0.2, 0) is 14.3 Å². The Morgan fingerprint density at radius 2 is 2.16 bits per heavy atom. The van der Waals surface area contributed by atoms with Crippen LogP contribution in [0.25, 0.3) is 10.9 Å². The van der Waals surface area contributed by atoms with Gasteiger partial charge in [-0.1, -0.05) is 18.2 Å². The van der Waals surface area contributed by atoms with Crippen LogP contribution >= 0.6 is 0 Å². The number of anilines is 1. The Balaban J connectivity index is 1.81. The molecular formula is C14H12N2O3. The molecule has 0 unspecified atom stereocenters. The second-order valence-electron chi connectivity index (χ2n) is 4.07. The van der Waals surface area contributed by atoms with E-state index in [0.717, 1.165) is 10.9 Å². The van der Waals surface area contributed by atoms with Crippen LogP contribution in [0.3, 0.4) is 0 Å². The van der Waals surface area contributed by atoms with Crippen molar-refractivity contribution in [3.8, 4) is 0 Å². The van der Waals surface area contributed by atoms with Crippen molar-refractivity contribution in [3.63, 3.8) is 0 Å². The smallest absolute Gasteiger partial charge is 0.294 e. The highest BCUT2D eigenvalue weighted by Crippen LogP contribution is 2.17. The number of benzene rings is 1. The molecule has 1 aliphatic heterocycles. The minimum atomic E-state index is -0.336. The Bertz CT molecular complexity index is 652. The van der Waals surface area contributed by atoms with E-state index >= 15 is 0 Å². The first-order chi connectivity index (χ1) is 9.33. The van der Waals surface area contributed by atoms with Gasteiger partial charge in [0.15, 0.2) is 0 Å². The lowest BCUT2D eigenvalue weighted by molar-refractivity contribution is -0.117. The van der Waals surface area contributed by atoms with Gasteiger partial charge in [-0.2, -0.15) is 0 Å². The number of pyridine rings is 1. The Kier molecular flexibility index (Phi) is 3.02. The van der Waals surface area contributed by atoms with Crippen molar-refractivity contribution in [1.82, 2.24) is 4.98 Å². The Hall–Kier alpha value is -2.56. The molecule has 1 amide bonds. The molecule has 5 nitrogen and oxygen atoms in total. The first-order valence-corrected chi connectivity index (χ1v) is 5.94. The van der Waals surface area contributed by atoms with Gasteiger partial charge in [-0.05, 0) is 12.1 Å². The first kappa shape index (κ1) is 11.5. The van der Waals surface area contributed by atoms with Crippen molar-refractivity contribution >= 4 is 22.5 Å². The summed E-state index contributed by atoms with van der Waals surface area (Å²) in [6.45, 7) is 0.851. The predicted octanol–water partition coefficient (Wildman–Crippen LogP) is 2.06. The fourth-order valence-electron chi connectivity index (χ4n) is 1.82. The molecule has 19 heavy (non-hydrogen) atoms. The fourth-order valence-corrected chi connectivity index (χ4v) is 1.82. The average Bonchev–Trinajstić information content (AvgIpc) is 2.48. The topological polar surface area (TPSA) is 60.5 Å². The van der Waals surface area contributed by atoms with Gasteiger partial charge >= 0.3 is 0 Å². The maximum Gasteiger partial charge on any atom is 0.294 e.